The zero-order chi connectivity index (χ0) is 14.0. The highest BCUT2D eigenvalue weighted by molar-refractivity contribution is 5.89. The number of piperidine rings is 1. The summed E-state index contributed by atoms with van der Waals surface area (Å²) in [5.74, 6) is -1.50. The van der Waals surface area contributed by atoms with E-state index in [0.717, 1.165) is 32.5 Å². The lowest BCUT2D eigenvalue weighted by Crippen LogP contribution is -2.46. The molecule has 0 unspecified atom stereocenters. The number of rotatable bonds is 5. The van der Waals surface area contributed by atoms with Crippen LogP contribution in [0.5, 0.6) is 0 Å². The molecule has 0 spiro atoms. The van der Waals surface area contributed by atoms with Gasteiger partial charge in [0, 0.05) is 26.2 Å². The van der Waals surface area contributed by atoms with Crippen LogP contribution >= 0.6 is 0 Å². The Balaban J connectivity index is 1.80. The van der Waals surface area contributed by atoms with E-state index in [-0.39, 0.29) is 17.9 Å². The van der Waals surface area contributed by atoms with Gasteiger partial charge in [-0.25, -0.2) is 0 Å². The minimum atomic E-state index is -0.829. The SMILES string of the molecule is CCCN1CCC(N(C)C(=O)[C@@H]2C[C@@H]2C(=O)O)CC1. The van der Waals surface area contributed by atoms with Gasteiger partial charge in [-0.1, -0.05) is 6.92 Å². The summed E-state index contributed by atoms with van der Waals surface area (Å²) in [5, 5.41) is 8.88. The van der Waals surface area contributed by atoms with Gasteiger partial charge >= 0.3 is 5.97 Å². The van der Waals surface area contributed by atoms with Gasteiger partial charge < -0.3 is 14.9 Å². The number of carbonyl (C=O) groups excluding carboxylic acids is 1. The van der Waals surface area contributed by atoms with Gasteiger partial charge in [-0.05, 0) is 32.2 Å². The average molecular weight is 268 g/mol. The van der Waals surface area contributed by atoms with Crippen LogP contribution in [0, 0.1) is 11.8 Å². The molecule has 0 bridgehead atoms. The standard InChI is InChI=1S/C14H24N2O3/c1-3-6-16-7-4-10(5-8-16)15(2)13(17)11-9-12(11)14(18)19/h10-12H,3-9H2,1-2H3,(H,18,19)/t11-,12+/m1/s1. The fourth-order valence-electron chi connectivity index (χ4n) is 3.03. The maximum absolute atomic E-state index is 12.2. The summed E-state index contributed by atoms with van der Waals surface area (Å²) in [7, 11) is 1.83. The number of nitrogens with zero attached hydrogens (tertiary/aromatic N) is 2. The molecule has 0 aromatic rings. The molecule has 1 N–H and O–H groups in total. The van der Waals surface area contributed by atoms with E-state index in [1.165, 1.54) is 6.42 Å². The molecular formula is C14H24N2O3. The molecule has 2 atom stereocenters. The van der Waals surface area contributed by atoms with Crippen molar-refractivity contribution in [3.8, 4) is 0 Å². The van der Waals surface area contributed by atoms with E-state index in [1.807, 2.05) is 7.05 Å². The minimum absolute atomic E-state index is 0.0290. The maximum atomic E-state index is 12.2. The summed E-state index contributed by atoms with van der Waals surface area (Å²) in [5.41, 5.74) is 0. The first-order chi connectivity index (χ1) is 9.04. The Morgan fingerprint density at radius 2 is 1.89 bits per heavy atom. The molecular weight excluding hydrogens is 244 g/mol. The first-order valence-electron chi connectivity index (χ1n) is 7.26. The quantitative estimate of drug-likeness (QED) is 0.809. The molecule has 19 heavy (non-hydrogen) atoms. The second-order valence-corrected chi connectivity index (χ2v) is 5.81. The first kappa shape index (κ1) is 14.3. The molecule has 1 amide bonds. The summed E-state index contributed by atoms with van der Waals surface area (Å²) in [4.78, 5) is 27.2. The maximum Gasteiger partial charge on any atom is 0.307 e. The third-order valence-electron chi connectivity index (χ3n) is 4.42. The molecule has 1 heterocycles. The van der Waals surface area contributed by atoms with Crippen LogP contribution in [0.1, 0.15) is 32.6 Å². The van der Waals surface area contributed by atoms with Gasteiger partial charge in [0.25, 0.3) is 0 Å². The zero-order valence-electron chi connectivity index (χ0n) is 11.8. The van der Waals surface area contributed by atoms with E-state index < -0.39 is 11.9 Å². The molecule has 1 aliphatic carbocycles. The van der Waals surface area contributed by atoms with Crippen molar-refractivity contribution in [2.45, 2.75) is 38.6 Å². The summed E-state index contributed by atoms with van der Waals surface area (Å²) in [6, 6.07) is 0.288. The second-order valence-electron chi connectivity index (χ2n) is 5.81. The smallest absolute Gasteiger partial charge is 0.307 e. The van der Waals surface area contributed by atoms with Crippen molar-refractivity contribution in [3.05, 3.63) is 0 Å². The molecule has 1 saturated heterocycles. The van der Waals surface area contributed by atoms with Crippen molar-refractivity contribution < 1.29 is 14.7 Å². The van der Waals surface area contributed by atoms with Crippen LogP contribution in [0.25, 0.3) is 0 Å². The fourth-order valence-corrected chi connectivity index (χ4v) is 3.03. The van der Waals surface area contributed by atoms with Crippen LogP contribution in [-0.2, 0) is 9.59 Å². The average Bonchev–Trinajstić information content (AvgIpc) is 3.19. The van der Waals surface area contributed by atoms with Gasteiger partial charge in [0.1, 0.15) is 0 Å². The normalized spacial score (nSPS) is 28.1. The molecule has 0 aromatic heterocycles. The van der Waals surface area contributed by atoms with E-state index in [0.29, 0.717) is 6.42 Å². The highest BCUT2D eigenvalue weighted by Gasteiger charge is 2.50. The number of carboxylic acids is 1. The van der Waals surface area contributed by atoms with E-state index in [4.69, 9.17) is 5.11 Å². The van der Waals surface area contributed by atoms with Gasteiger partial charge in [-0.2, -0.15) is 0 Å². The monoisotopic (exact) mass is 268 g/mol. The number of carbonyl (C=O) groups is 2. The molecule has 0 aromatic carbocycles. The van der Waals surface area contributed by atoms with Crippen LogP contribution in [0.2, 0.25) is 0 Å². The molecule has 1 saturated carbocycles. The Morgan fingerprint density at radius 3 is 2.37 bits per heavy atom. The van der Waals surface area contributed by atoms with Crippen molar-refractivity contribution in [1.82, 2.24) is 9.80 Å². The van der Waals surface area contributed by atoms with Crippen molar-refractivity contribution in [2.24, 2.45) is 11.8 Å². The van der Waals surface area contributed by atoms with Crippen LogP contribution < -0.4 is 0 Å². The third-order valence-corrected chi connectivity index (χ3v) is 4.42. The highest BCUT2D eigenvalue weighted by atomic mass is 16.4. The first-order valence-corrected chi connectivity index (χ1v) is 7.26. The van der Waals surface area contributed by atoms with Crippen LogP contribution in [0.3, 0.4) is 0 Å². The predicted octanol–water partition coefficient (Wildman–Crippen LogP) is 1.04. The molecule has 2 rings (SSSR count). The second kappa shape index (κ2) is 5.90. The number of hydrogen-bond acceptors (Lipinski definition) is 3. The van der Waals surface area contributed by atoms with Crippen LogP contribution in [0.15, 0.2) is 0 Å². The third kappa shape index (κ3) is 3.26. The molecule has 108 valence electrons. The Morgan fingerprint density at radius 1 is 1.26 bits per heavy atom. The molecule has 0 radical (unpaired) electrons. The summed E-state index contributed by atoms with van der Waals surface area (Å²) < 4.78 is 0. The predicted molar refractivity (Wildman–Crippen MR) is 71.8 cm³/mol. The van der Waals surface area contributed by atoms with Gasteiger partial charge in [0.2, 0.25) is 5.91 Å². The Labute approximate surface area is 114 Å². The zero-order valence-corrected chi connectivity index (χ0v) is 11.8. The number of carboxylic acid groups (broad SMARTS) is 1. The van der Waals surface area contributed by atoms with Gasteiger partial charge in [0.15, 0.2) is 0 Å². The van der Waals surface area contributed by atoms with Crippen molar-refractivity contribution >= 4 is 11.9 Å². The molecule has 5 nitrogen and oxygen atoms in total. The lowest BCUT2D eigenvalue weighted by Gasteiger charge is -2.36. The summed E-state index contributed by atoms with van der Waals surface area (Å²) >= 11 is 0. The van der Waals surface area contributed by atoms with Crippen molar-refractivity contribution in [2.75, 3.05) is 26.7 Å². The lowest BCUT2D eigenvalue weighted by molar-refractivity contribution is -0.142. The summed E-state index contributed by atoms with van der Waals surface area (Å²) in [6.07, 6.45) is 3.70. The van der Waals surface area contributed by atoms with Crippen molar-refractivity contribution in [3.63, 3.8) is 0 Å². The number of aliphatic carboxylic acids is 1. The van der Waals surface area contributed by atoms with E-state index >= 15 is 0 Å². The van der Waals surface area contributed by atoms with Gasteiger partial charge in [-0.15, -0.1) is 0 Å². The number of hydrogen-bond donors (Lipinski definition) is 1. The topological polar surface area (TPSA) is 60.9 Å². The lowest BCUT2D eigenvalue weighted by atomic mass is 10.0. The number of likely N-dealkylation sites (tertiary alicyclic amines) is 1. The molecule has 1 aliphatic heterocycles. The Hall–Kier alpha value is -1.10. The molecule has 2 fully saturated rings. The molecule has 2 aliphatic rings. The Kier molecular flexibility index (Phi) is 4.45. The number of amides is 1. The highest BCUT2D eigenvalue weighted by Crippen LogP contribution is 2.40. The van der Waals surface area contributed by atoms with E-state index in [2.05, 4.69) is 11.8 Å². The van der Waals surface area contributed by atoms with Crippen molar-refractivity contribution in [1.29, 1.82) is 0 Å². The fraction of sp³-hybridized carbons (Fsp3) is 0.857. The summed E-state index contributed by atoms with van der Waals surface area (Å²) in [6.45, 7) is 5.40. The van der Waals surface area contributed by atoms with E-state index in [9.17, 15) is 9.59 Å². The minimum Gasteiger partial charge on any atom is -0.481 e. The molecule has 5 heteroatoms. The largest absolute Gasteiger partial charge is 0.481 e. The van der Waals surface area contributed by atoms with Gasteiger partial charge in [-0.3, -0.25) is 9.59 Å². The van der Waals surface area contributed by atoms with Crippen LogP contribution in [-0.4, -0.2) is 59.5 Å². The Bertz CT molecular complexity index is 351. The van der Waals surface area contributed by atoms with Crippen LogP contribution in [0.4, 0.5) is 0 Å². The van der Waals surface area contributed by atoms with Gasteiger partial charge in [0.05, 0.1) is 11.8 Å². The van der Waals surface area contributed by atoms with E-state index in [1.54, 1.807) is 4.90 Å².